The average Bonchev–Trinajstić information content (AvgIpc) is 3.46. The molecule has 0 aliphatic heterocycles. The fourth-order valence-corrected chi connectivity index (χ4v) is 4.60. The first-order valence-corrected chi connectivity index (χ1v) is 15.8. The number of nitrogens with two attached hydrogens (primary N) is 1. The molecule has 48 heavy (non-hydrogen) atoms. The van der Waals surface area contributed by atoms with Crippen LogP contribution >= 0.6 is 0 Å². The zero-order valence-corrected chi connectivity index (χ0v) is 27.1. The van der Waals surface area contributed by atoms with E-state index in [0.29, 0.717) is 49.4 Å². The van der Waals surface area contributed by atoms with Gasteiger partial charge in [-0.15, -0.1) is 10.2 Å². The number of nitrogens with one attached hydrogen (secondary N) is 2. The van der Waals surface area contributed by atoms with Crippen LogP contribution in [0.1, 0.15) is 36.1 Å². The van der Waals surface area contributed by atoms with Crippen LogP contribution in [-0.4, -0.2) is 53.7 Å². The first kappa shape index (κ1) is 33.3. The third kappa shape index (κ3) is 9.73. The lowest BCUT2D eigenvalue weighted by molar-refractivity contribution is 0.279. The predicted octanol–water partition coefficient (Wildman–Crippen LogP) is 5.92. The molecule has 0 saturated carbocycles. The van der Waals surface area contributed by atoms with Gasteiger partial charge in [-0.1, -0.05) is 60.7 Å². The van der Waals surface area contributed by atoms with Crippen molar-refractivity contribution in [2.24, 2.45) is 10.2 Å². The Morgan fingerprint density at radius 1 is 0.604 bits per heavy atom. The SMILES string of the molecule is CCOc1cc(/C=N/Nc2nnc(N/N=C/c3ccc(OCCc4ccccc4)c(OCC)c3)n2N)ccc1OCCc1ccccc1. The molecule has 0 aliphatic rings. The van der Waals surface area contributed by atoms with Crippen molar-refractivity contribution in [3.63, 3.8) is 0 Å². The number of aromatic nitrogens is 3. The maximum atomic E-state index is 6.15. The molecular formula is C36H40N8O4. The van der Waals surface area contributed by atoms with E-state index in [9.17, 15) is 0 Å². The van der Waals surface area contributed by atoms with Gasteiger partial charge in [-0.3, -0.25) is 0 Å². The quantitative estimate of drug-likeness (QED) is 0.0599. The molecule has 0 fully saturated rings. The van der Waals surface area contributed by atoms with Gasteiger partial charge in [-0.2, -0.15) is 14.9 Å². The summed E-state index contributed by atoms with van der Waals surface area (Å²) < 4.78 is 24.8. The molecule has 12 heteroatoms. The summed E-state index contributed by atoms with van der Waals surface area (Å²) in [4.78, 5) is 0. The second kappa shape index (κ2) is 17.6. The smallest absolute Gasteiger partial charge is 0.265 e. The van der Waals surface area contributed by atoms with E-state index in [1.807, 2.05) is 86.6 Å². The maximum Gasteiger partial charge on any atom is 0.265 e. The third-order valence-electron chi connectivity index (χ3n) is 6.97. The van der Waals surface area contributed by atoms with Gasteiger partial charge in [0.2, 0.25) is 0 Å². The monoisotopic (exact) mass is 648 g/mol. The number of benzene rings is 4. The van der Waals surface area contributed by atoms with E-state index in [0.717, 1.165) is 24.0 Å². The maximum absolute atomic E-state index is 6.15. The van der Waals surface area contributed by atoms with E-state index in [1.54, 1.807) is 12.4 Å². The summed E-state index contributed by atoms with van der Waals surface area (Å²) >= 11 is 0. The van der Waals surface area contributed by atoms with Crippen LogP contribution in [0, 0.1) is 0 Å². The second-order valence-corrected chi connectivity index (χ2v) is 10.4. The Hall–Kier alpha value is -6.04. The Balaban J connectivity index is 1.13. The van der Waals surface area contributed by atoms with E-state index in [-0.39, 0.29) is 11.9 Å². The van der Waals surface area contributed by atoms with E-state index in [2.05, 4.69) is 55.5 Å². The molecule has 4 aromatic carbocycles. The van der Waals surface area contributed by atoms with Crippen molar-refractivity contribution in [2.75, 3.05) is 43.1 Å². The summed E-state index contributed by atoms with van der Waals surface area (Å²) in [7, 11) is 0. The number of hydrogen-bond acceptors (Lipinski definition) is 11. The lowest BCUT2D eigenvalue weighted by Crippen LogP contribution is -2.14. The van der Waals surface area contributed by atoms with Gasteiger partial charge in [-0.05, 0) is 72.5 Å². The summed E-state index contributed by atoms with van der Waals surface area (Å²) in [5.74, 6) is 9.20. The molecule has 0 saturated heterocycles. The first-order valence-electron chi connectivity index (χ1n) is 15.8. The van der Waals surface area contributed by atoms with Crippen molar-refractivity contribution in [2.45, 2.75) is 26.7 Å². The molecule has 4 N–H and O–H groups in total. The van der Waals surface area contributed by atoms with Gasteiger partial charge >= 0.3 is 0 Å². The fourth-order valence-electron chi connectivity index (χ4n) is 4.60. The third-order valence-corrected chi connectivity index (χ3v) is 6.97. The number of anilines is 2. The topological polar surface area (TPSA) is 142 Å². The van der Waals surface area contributed by atoms with Gasteiger partial charge in [-0.25, -0.2) is 10.9 Å². The lowest BCUT2D eigenvalue weighted by Gasteiger charge is -2.12. The summed E-state index contributed by atoms with van der Waals surface area (Å²) in [6.45, 7) is 5.94. The van der Waals surface area contributed by atoms with Crippen LogP contribution in [0.3, 0.4) is 0 Å². The lowest BCUT2D eigenvalue weighted by atomic mass is 10.2. The molecule has 0 radical (unpaired) electrons. The molecule has 5 rings (SSSR count). The fraction of sp³-hybridized carbons (Fsp3) is 0.222. The highest BCUT2D eigenvalue weighted by molar-refractivity contribution is 5.82. The van der Waals surface area contributed by atoms with E-state index in [1.165, 1.54) is 15.8 Å². The van der Waals surface area contributed by atoms with Crippen LogP contribution in [0.5, 0.6) is 23.0 Å². The molecule has 1 aromatic heterocycles. The van der Waals surface area contributed by atoms with Gasteiger partial charge in [0.25, 0.3) is 11.9 Å². The van der Waals surface area contributed by atoms with Gasteiger partial charge in [0, 0.05) is 12.8 Å². The summed E-state index contributed by atoms with van der Waals surface area (Å²) in [5.41, 5.74) is 9.63. The molecule has 0 amide bonds. The van der Waals surface area contributed by atoms with E-state index < -0.39 is 0 Å². The van der Waals surface area contributed by atoms with Crippen molar-refractivity contribution >= 4 is 24.3 Å². The minimum Gasteiger partial charge on any atom is -0.490 e. The molecule has 0 unspecified atom stereocenters. The van der Waals surface area contributed by atoms with E-state index in [4.69, 9.17) is 24.8 Å². The summed E-state index contributed by atoms with van der Waals surface area (Å²) in [6.07, 6.45) is 4.85. The van der Waals surface area contributed by atoms with Crippen LogP contribution < -0.4 is 35.6 Å². The van der Waals surface area contributed by atoms with Crippen molar-refractivity contribution in [1.29, 1.82) is 0 Å². The molecule has 0 bridgehead atoms. The number of hydrazone groups is 2. The van der Waals surface area contributed by atoms with Crippen molar-refractivity contribution in [1.82, 2.24) is 14.9 Å². The second-order valence-electron chi connectivity index (χ2n) is 10.4. The Bertz CT molecular complexity index is 1650. The highest BCUT2D eigenvalue weighted by Gasteiger charge is 2.10. The van der Waals surface area contributed by atoms with Gasteiger partial charge in [0.1, 0.15) is 0 Å². The molecule has 0 atom stereocenters. The highest BCUT2D eigenvalue weighted by Crippen LogP contribution is 2.29. The zero-order chi connectivity index (χ0) is 33.4. The first-order chi connectivity index (χ1) is 23.6. The molecule has 5 aromatic rings. The van der Waals surface area contributed by atoms with Crippen LogP contribution in [0.15, 0.2) is 107 Å². The Kier molecular flexibility index (Phi) is 12.2. The van der Waals surface area contributed by atoms with Gasteiger partial charge < -0.3 is 24.8 Å². The van der Waals surface area contributed by atoms with Crippen LogP contribution in [0.4, 0.5) is 11.9 Å². The van der Waals surface area contributed by atoms with Crippen LogP contribution in [0.2, 0.25) is 0 Å². The number of rotatable bonds is 18. The zero-order valence-electron chi connectivity index (χ0n) is 27.1. The van der Waals surface area contributed by atoms with Crippen LogP contribution in [0.25, 0.3) is 0 Å². The Morgan fingerprint density at radius 2 is 1.04 bits per heavy atom. The Morgan fingerprint density at radius 3 is 1.46 bits per heavy atom. The average molecular weight is 649 g/mol. The number of hydrogen-bond donors (Lipinski definition) is 3. The van der Waals surface area contributed by atoms with Crippen molar-refractivity contribution in [3.05, 3.63) is 119 Å². The Labute approximate surface area is 280 Å². The molecule has 248 valence electrons. The number of ether oxygens (including phenoxy) is 4. The largest absolute Gasteiger partial charge is 0.490 e. The standard InChI is InChI=1S/C36H40N8O4/c1-3-45-33-23-29(15-17-31(33)47-21-19-27-11-7-5-8-12-27)25-38-40-35-42-43-36(44(35)37)41-39-26-30-16-18-32(34(24-30)46-4-2)48-22-20-28-13-9-6-10-14-28/h5-18,23-26H,3-4,19-22,37H2,1-2H3,(H,40,42)(H,41,43)/b38-25+,39-26+. The molecular weight excluding hydrogens is 608 g/mol. The van der Waals surface area contributed by atoms with Crippen LogP contribution in [-0.2, 0) is 12.8 Å². The minimum atomic E-state index is 0.213. The number of nitrogens with zero attached hydrogens (tertiary/aromatic N) is 5. The van der Waals surface area contributed by atoms with Gasteiger partial charge in [0.15, 0.2) is 23.0 Å². The van der Waals surface area contributed by atoms with E-state index >= 15 is 0 Å². The number of nitrogen functional groups attached to an aromatic ring is 1. The van der Waals surface area contributed by atoms with Crippen molar-refractivity contribution in [3.8, 4) is 23.0 Å². The van der Waals surface area contributed by atoms with Gasteiger partial charge in [0.05, 0.1) is 38.9 Å². The molecule has 12 nitrogen and oxygen atoms in total. The predicted molar refractivity (Wildman–Crippen MR) is 189 cm³/mol. The molecule has 1 heterocycles. The van der Waals surface area contributed by atoms with Crippen molar-refractivity contribution < 1.29 is 18.9 Å². The molecule has 0 aliphatic carbocycles. The summed E-state index contributed by atoms with van der Waals surface area (Å²) in [5, 5.41) is 16.6. The normalized spacial score (nSPS) is 11.1. The summed E-state index contributed by atoms with van der Waals surface area (Å²) in [6, 6.07) is 31.6. The highest BCUT2D eigenvalue weighted by atomic mass is 16.5. The minimum absolute atomic E-state index is 0.213. The molecule has 0 spiro atoms.